The smallest absolute Gasteiger partial charge is 0.251 e. The van der Waals surface area contributed by atoms with Gasteiger partial charge in [-0.05, 0) is 63.4 Å². The Morgan fingerprint density at radius 3 is 2.38 bits per heavy atom. The maximum absolute atomic E-state index is 12.5. The first-order valence-electron chi connectivity index (χ1n) is 8.36. The van der Waals surface area contributed by atoms with Crippen LogP contribution in [0.3, 0.4) is 0 Å². The van der Waals surface area contributed by atoms with Crippen LogP contribution in [0.4, 0.5) is 5.69 Å². The van der Waals surface area contributed by atoms with Crippen molar-refractivity contribution in [3.63, 3.8) is 0 Å². The first kappa shape index (κ1) is 23.0. The van der Waals surface area contributed by atoms with Crippen molar-refractivity contribution in [2.75, 3.05) is 18.4 Å². The maximum atomic E-state index is 12.5. The maximum Gasteiger partial charge on any atom is 0.251 e. The van der Waals surface area contributed by atoms with Crippen LogP contribution in [-0.4, -0.2) is 31.1 Å². The molecule has 1 saturated heterocycles. The SMILES string of the molecule is Cc1c(NC(C)C(C)C)cccc1C(=O)NC1CCNCC1.Cl.Cl. The van der Waals surface area contributed by atoms with E-state index < -0.39 is 0 Å². The topological polar surface area (TPSA) is 53.2 Å². The first-order valence-corrected chi connectivity index (χ1v) is 8.36. The summed E-state index contributed by atoms with van der Waals surface area (Å²) in [6.07, 6.45) is 2.01. The summed E-state index contributed by atoms with van der Waals surface area (Å²) in [4.78, 5) is 12.5. The number of carbonyl (C=O) groups is 1. The second kappa shape index (κ2) is 10.8. The van der Waals surface area contributed by atoms with Crippen LogP contribution in [-0.2, 0) is 0 Å². The Labute approximate surface area is 158 Å². The minimum absolute atomic E-state index is 0. The minimum atomic E-state index is 0. The van der Waals surface area contributed by atoms with Gasteiger partial charge in [0.05, 0.1) is 0 Å². The lowest BCUT2D eigenvalue weighted by molar-refractivity contribution is 0.0929. The van der Waals surface area contributed by atoms with Crippen molar-refractivity contribution < 1.29 is 4.79 Å². The summed E-state index contributed by atoms with van der Waals surface area (Å²) in [5.41, 5.74) is 2.86. The van der Waals surface area contributed by atoms with Gasteiger partial charge >= 0.3 is 0 Å². The van der Waals surface area contributed by atoms with Gasteiger partial charge in [-0.3, -0.25) is 4.79 Å². The number of halogens is 2. The van der Waals surface area contributed by atoms with Crippen LogP contribution in [0.15, 0.2) is 18.2 Å². The Morgan fingerprint density at radius 1 is 1.17 bits per heavy atom. The molecule has 1 aliphatic rings. The van der Waals surface area contributed by atoms with Gasteiger partial charge in [-0.1, -0.05) is 19.9 Å². The van der Waals surface area contributed by atoms with Crippen LogP contribution in [0.2, 0.25) is 0 Å². The summed E-state index contributed by atoms with van der Waals surface area (Å²) in [6.45, 7) is 10.6. The molecule has 138 valence electrons. The van der Waals surface area contributed by atoms with E-state index in [0.29, 0.717) is 18.0 Å². The van der Waals surface area contributed by atoms with Crippen molar-refractivity contribution in [1.82, 2.24) is 10.6 Å². The van der Waals surface area contributed by atoms with Gasteiger partial charge in [0.1, 0.15) is 0 Å². The lowest BCUT2D eigenvalue weighted by Crippen LogP contribution is -2.42. The van der Waals surface area contributed by atoms with Crippen LogP contribution in [0.5, 0.6) is 0 Å². The molecule has 1 heterocycles. The van der Waals surface area contributed by atoms with Gasteiger partial charge in [0.15, 0.2) is 0 Å². The van der Waals surface area contributed by atoms with Crippen molar-refractivity contribution in [2.24, 2.45) is 5.92 Å². The molecular weight excluding hydrogens is 345 g/mol. The van der Waals surface area contributed by atoms with Crippen LogP contribution in [0, 0.1) is 12.8 Å². The third-order valence-electron chi connectivity index (χ3n) is 4.64. The molecule has 0 radical (unpaired) electrons. The molecule has 0 saturated carbocycles. The molecule has 24 heavy (non-hydrogen) atoms. The third kappa shape index (κ3) is 6.15. The monoisotopic (exact) mass is 375 g/mol. The van der Waals surface area contributed by atoms with Crippen molar-refractivity contribution in [1.29, 1.82) is 0 Å². The molecule has 1 atom stereocenters. The van der Waals surface area contributed by atoms with E-state index in [0.717, 1.165) is 42.7 Å². The number of hydrogen-bond acceptors (Lipinski definition) is 3. The minimum Gasteiger partial charge on any atom is -0.382 e. The zero-order valence-electron chi connectivity index (χ0n) is 15.0. The largest absolute Gasteiger partial charge is 0.382 e. The lowest BCUT2D eigenvalue weighted by Gasteiger charge is -2.25. The number of nitrogens with one attached hydrogen (secondary N) is 3. The summed E-state index contributed by atoms with van der Waals surface area (Å²) in [5, 5.41) is 10.0. The average Bonchev–Trinajstić information content (AvgIpc) is 2.50. The number of carbonyl (C=O) groups excluding carboxylic acids is 1. The van der Waals surface area contributed by atoms with E-state index >= 15 is 0 Å². The quantitative estimate of drug-likeness (QED) is 0.733. The number of hydrogen-bond donors (Lipinski definition) is 3. The molecule has 2 rings (SSSR count). The fourth-order valence-corrected chi connectivity index (χ4v) is 2.68. The molecule has 3 N–H and O–H groups in total. The number of benzene rings is 1. The van der Waals surface area contributed by atoms with Crippen LogP contribution >= 0.6 is 24.8 Å². The number of anilines is 1. The second-order valence-electron chi connectivity index (χ2n) is 6.65. The molecule has 1 aromatic carbocycles. The molecule has 4 nitrogen and oxygen atoms in total. The van der Waals surface area contributed by atoms with E-state index in [2.05, 4.69) is 42.8 Å². The van der Waals surface area contributed by atoms with Gasteiger partial charge in [0.25, 0.3) is 5.91 Å². The fourth-order valence-electron chi connectivity index (χ4n) is 2.68. The second-order valence-corrected chi connectivity index (χ2v) is 6.65. The summed E-state index contributed by atoms with van der Waals surface area (Å²) in [6, 6.07) is 6.59. The normalized spacial score (nSPS) is 15.9. The van der Waals surface area contributed by atoms with Crippen LogP contribution in [0.1, 0.15) is 49.5 Å². The van der Waals surface area contributed by atoms with Crippen LogP contribution in [0.25, 0.3) is 0 Å². The number of rotatable bonds is 5. The van der Waals surface area contributed by atoms with E-state index in [-0.39, 0.29) is 30.7 Å². The van der Waals surface area contributed by atoms with E-state index in [1.807, 2.05) is 19.1 Å². The molecule has 1 unspecified atom stereocenters. The van der Waals surface area contributed by atoms with Gasteiger partial charge in [-0.2, -0.15) is 0 Å². The number of piperidine rings is 1. The van der Waals surface area contributed by atoms with Gasteiger partial charge in [-0.15, -0.1) is 24.8 Å². The summed E-state index contributed by atoms with van der Waals surface area (Å²) < 4.78 is 0. The zero-order chi connectivity index (χ0) is 16.1. The molecule has 0 aromatic heterocycles. The predicted molar refractivity (Wildman–Crippen MR) is 107 cm³/mol. The van der Waals surface area contributed by atoms with Crippen LogP contribution < -0.4 is 16.0 Å². The number of amides is 1. The van der Waals surface area contributed by atoms with Crippen molar-refractivity contribution in [2.45, 2.75) is 52.6 Å². The molecule has 0 aliphatic carbocycles. The Morgan fingerprint density at radius 2 is 1.79 bits per heavy atom. The fraction of sp³-hybridized carbons (Fsp3) is 0.611. The Balaban J connectivity index is 0.00000264. The highest BCUT2D eigenvalue weighted by molar-refractivity contribution is 5.97. The van der Waals surface area contributed by atoms with Gasteiger partial charge in [0.2, 0.25) is 0 Å². The molecule has 1 aliphatic heterocycles. The highest BCUT2D eigenvalue weighted by Crippen LogP contribution is 2.21. The van der Waals surface area contributed by atoms with E-state index in [1.54, 1.807) is 0 Å². The third-order valence-corrected chi connectivity index (χ3v) is 4.64. The molecular formula is C18H31Cl2N3O. The molecule has 0 bridgehead atoms. The Bertz CT molecular complexity index is 517. The van der Waals surface area contributed by atoms with Gasteiger partial charge in [0, 0.05) is 23.3 Å². The zero-order valence-corrected chi connectivity index (χ0v) is 16.7. The van der Waals surface area contributed by atoms with E-state index in [9.17, 15) is 4.79 Å². The molecule has 1 fully saturated rings. The molecule has 1 amide bonds. The summed E-state index contributed by atoms with van der Waals surface area (Å²) in [5.74, 6) is 0.594. The highest BCUT2D eigenvalue weighted by Gasteiger charge is 2.19. The summed E-state index contributed by atoms with van der Waals surface area (Å²) in [7, 11) is 0. The molecule has 0 spiro atoms. The lowest BCUT2D eigenvalue weighted by atomic mass is 10.0. The Kier molecular flexibility index (Phi) is 10.4. The molecule has 6 heteroatoms. The van der Waals surface area contributed by atoms with Gasteiger partial charge in [-0.25, -0.2) is 0 Å². The van der Waals surface area contributed by atoms with Crippen molar-refractivity contribution in [3.05, 3.63) is 29.3 Å². The highest BCUT2D eigenvalue weighted by atomic mass is 35.5. The Hall–Kier alpha value is -0.970. The summed E-state index contributed by atoms with van der Waals surface area (Å²) >= 11 is 0. The first-order chi connectivity index (χ1) is 10.5. The van der Waals surface area contributed by atoms with Crippen molar-refractivity contribution in [3.8, 4) is 0 Å². The van der Waals surface area contributed by atoms with E-state index in [1.165, 1.54) is 0 Å². The van der Waals surface area contributed by atoms with Gasteiger partial charge < -0.3 is 16.0 Å². The van der Waals surface area contributed by atoms with Crippen molar-refractivity contribution >= 4 is 36.4 Å². The van der Waals surface area contributed by atoms with E-state index in [4.69, 9.17) is 0 Å². The molecule has 1 aromatic rings. The standard InChI is InChI=1S/C18H29N3O.2ClH/c1-12(2)14(4)20-17-7-5-6-16(13(17)3)18(22)21-15-8-10-19-11-9-15;;/h5-7,12,14-15,19-20H,8-11H2,1-4H3,(H,21,22);2*1H. The predicted octanol–water partition coefficient (Wildman–Crippen LogP) is 3.78. The average molecular weight is 376 g/mol.